The minimum atomic E-state index is -4.43. The van der Waals surface area contributed by atoms with Gasteiger partial charge in [0.15, 0.2) is 0 Å². The van der Waals surface area contributed by atoms with Gasteiger partial charge in [0, 0.05) is 11.6 Å². The fourth-order valence-electron chi connectivity index (χ4n) is 1.74. The predicted octanol–water partition coefficient (Wildman–Crippen LogP) is 3.38. The van der Waals surface area contributed by atoms with E-state index in [1.54, 1.807) is 6.92 Å². The van der Waals surface area contributed by atoms with Crippen molar-refractivity contribution in [1.29, 1.82) is 0 Å². The molecule has 1 aromatic heterocycles. The molecule has 1 aromatic carbocycles. The zero-order chi connectivity index (χ0) is 13.3. The highest BCUT2D eigenvalue weighted by Gasteiger charge is 2.34. The average molecular weight is 256 g/mol. The van der Waals surface area contributed by atoms with Crippen molar-refractivity contribution in [2.24, 2.45) is 5.73 Å². The van der Waals surface area contributed by atoms with Crippen LogP contribution >= 0.6 is 0 Å². The largest absolute Gasteiger partial charge is 0.417 e. The molecule has 2 N–H and O–H groups in total. The summed E-state index contributed by atoms with van der Waals surface area (Å²) in [6, 6.07) is 4.77. The molecule has 0 spiro atoms. The summed E-state index contributed by atoms with van der Waals surface area (Å²) >= 11 is 0. The zero-order valence-electron chi connectivity index (χ0n) is 9.53. The first-order valence-corrected chi connectivity index (χ1v) is 5.27. The smallest absolute Gasteiger partial charge is 0.364 e. The Balaban J connectivity index is 2.61. The molecule has 1 unspecified atom stereocenters. The van der Waals surface area contributed by atoms with Gasteiger partial charge in [-0.05, 0) is 18.6 Å². The number of nitrogens with two attached hydrogens (primary N) is 1. The third-order valence-corrected chi connectivity index (χ3v) is 2.55. The van der Waals surface area contributed by atoms with E-state index in [1.165, 1.54) is 24.5 Å². The van der Waals surface area contributed by atoms with Crippen molar-refractivity contribution in [3.05, 3.63) is 41.8 Å². The first-order chi connectivity index (χ1) is 8.41. The lowest BCUT2D eigenvalue weighted by atomic mass is 9.98. The van der Waals surface area contributed by atoms with E-state index in [-0.39, 0.29) is 11.1 Å². The number of halogens is 3. The van der Waals surface area contributed by atoms with Crippen molar-refractivity contribution in [3.63, 3.8) is 0 Å². The van der Waals surface area contributed by atoms with Crippen LogP contribution in [0.5, 0.6) is 0 Å². The molecule has 2 aromatic rings. The Labute approximate surface area is 101 Å². The Kier molecular flexibility index (Phi) is 3.13. The van der Waals surface area contributed by atoms with Crippen molar-refractivity contribution >= 4 is 0 Å². The van der Waals surface area contributed by atoms with Gasteiger partial charge in [0.2, 0.25) is 0 Å². The summed E-state index contributed by atoms with van der Waals surface area (Å²) < 4.78 is 43.4. The maximum Gasteiger partial charge on any atom is 0.417 e. The van der Waals surface area contributed by atoms with Crippen molar-refractivity contribution in [2.75, 3.05) is 0 Å². The van der Waals surface area contributed by atoms with Gasteiger partial charge in [-0.25, -0.2) is 0 Å². The van der Waals surface area contributed by atoms with E-state index in [2.05, 4.69) is 5.16 Å². The standard InChI is InChI=1S/C12H11F3N2O/c1-7(16)11-9(6-18-17-11)8-4-2-3-5-10(8)12(13,14)15/h2-7H,16H2,1H3. The van der Waals surface area contributed by atoms with E-state index in [9.17, 15) is 13.2 Å². The third kappa shape index (κ3) is 2.24. The van der Waals surface area contributed by atoms with E-state index in [4.69, 9.17) is 10.3 Å². The van der Waals surface area contributed by atoms with Crippen LogP contribution in [-0.2, 0) is 6.18 Å². The van der Waals surface area contributed by atoms with Crippen LogP contribution in [0, 0.1) is 0 Å². The second kappa shape index (κ2) is 4.45. The van der Waals surface area contributed by atoms with E-state index < -0.39 is 17.8 Å². The van der Waals surface area contributed by atoms with Gasteiger partial charge >= 0.3 is 6.18 Å². The summed E-state index contributed by atoms with van der Waals surface area (Å²) in [6.07, 6.45) is -3.24. The Morgan fingerprint density at radius 1 is 1.22 bits per heavy atom. The maximum absolute atomic E-state index is 12.9. The lowest BCUT2D eigenvalue weighted by molar-refractivity contribution is -0.137. The summed E-state index contributed by atoms with van der Waals surface area (Å²) in [7, 11) is 0. The lowest BCUT2D eigenvalue weighted by Crippen LogP contribution is -2.10. The van der Waals surface area contributed by atoms with Gasteiger partial charge in [0.25, 0.3) is 0 Å². The Morgan fingerprint density at radius 2 is 1.89 bits per heavy atom. The summed E-state index contributed by atoms with van der Waals surface area (Å²) in [6.45, 7) is 1.64. The second-order valence-electron chi connectivity index (χ2n) is 3.95. The van der Waals surface area contributed by atoms with Crippen molar-refractivity contribution in [1.82, 2.24) is 5.16 Å². The van der Waals surface area contributed by atoms with Gasteiger partial charge in [-0.1, -0.05) is 23.4 Å². The minimum absolute atomic E-state index is 0.0264. The third-order valence-electron chi connectivity index (χ3n) is 2.55. The van der Waals surface area contributed by atoms with Crippen LogP contribution in [0.25, 0.3) is 11.1 Å². The molecule has 2 rings (SSSR count). The molecular weight excluding hydrogens is 245 g/mol. The molecule has 0 aliphatic carbocycles. The molecule has 0 bridgehead atoms. The fourth-order valence-corrected chi connectivity index (χ4v) is 1.74. The van der Waals surface area contributed by atoms with Gasteiger partial charge in [0.1, 0.15) is 12.0 Å². The van der Waals surface area contributed by atoms with Crippen molar-refractivity contribution in [3.8, 4) is 11.1 Å². The van der Waals surface area contributed by atoms with Gasteiger partial charge in [0.05, 0.1) is 5.56 Å². The number of alkyl halides is 3. The van der Waals surface area contributed by atoms with E-state index in [1.807, 2.05) is 0 Å². The molecule has 96 valence electrons. The number of aromatic nitrogens is 1. The van der Waals surface area contributed by atoms with Crippen molar-refractivity contribution < 1.29 is 17.7 Å². The Hall–Kier alpha value is -1.82. The highest BCUT2D eigenvalue weighted by molar-refractivity contribution is 5.69. The molecule has 0 radical (unpaired) electrons. The second-order valence-corrected chi connectivity index (χ2v) is 3.95. The molecule has 0 aliphatic rings. The van der Waals surface area contributed by atoms with Gasteiger partial charge < -0.3 is 10.3 Å². The van der Waals surface area contributed by atoms with Crippen LogP contribution in [0.1, 0.15) is 24.2 Å². The molecular formula is C12H11F3N2O. The summed E-state index contributed by atoms with van der Waals surface area (Å²) in [4.78, 5) is 0. The monoisotopic (exact) mass is 256 g/mol. The first kappa shape index (κ1) is 12.6. The summed E-state index contributed by atoms with van der Waals surface area (Å²) in [5.41, 5.74) is 5.54. The highest BCUT2D eigenvalue weighted by atomic mass is 19.4. The Bertz CT molecular complexity index is 546. The molecule has 6 heteroatoms. The maximum atomic E-state index is 12.9. The number of benzene rings is 1. The number of rotatable bonds is 2. The summed E-state index contributed by atoms with van der Waals surface area (Å²) in [5.74, 6) is 0. The number of hydrogen-bond donors (Lipinski definition) is 1. The molecule has 0 fully saturated rings. The van der Waals surface area contributed by atoms with Gasteiger partial charge in [-0.15, -0.1) is 0 Å². The molecule has 0 saturated heterocycles. The van der Waals surface area contributed by atoms with Crippen LogP contribution in [0.15, 0.2) is 35.1 Å². The fraction of sp³-hybridized carbons (Fsp3) is 0.250. The molecule has 18 heavy (non-hydrogen) atoms. The number of hydrogen-bond acceptors (Lipinski definition) is 3. The molecule has 0 amide bonds. The predicted molar refractivity (Wildman–Crippen MR) is 59.5 cm³/mol. The van der Waals surface area contributed by atoms with E-state index in [0.29, 0.717) is 5.69 Å². The lowest BCUT2D eigenvalue weighted by Gasteiger charge is -2.12. The van der Waals surface area contributed by atoms with Crippen LogP contribution in [0.2, 0.25) is 0 Å². The normalized spacial score (nSPS) is 13.6. The first-order valence-electron chi connectivity index (χ1n) is 5.27. The van der Waals surface area contributed by atoms with E-state index in [0.717, 1.165) is 6.07 Å². The van der Waals surface area contributed by atoms with Crippen LogP contribution in [-0.4, -0.2) is 5.16 Å². The zero-order valence-corrected chi connectivity index (χ0v) is 9.53. The van der Waals surface area contributed by atoms with Crippen LogP contribution in [0.3, 0.4) is 0 Å². The van der Waals surface area contributed by atoms with E-state index >= 15 is 0 Å². The van der Waals surface area contributed by atoms with Crippen LogP contribution in [0.4, 0.5) is 13.2 Å². The quantitative estimate of drug-likeness (QED) is 0.896. The Morgan fingerprint density at radius 3 is 2.50 bits per heavy atom. The highest BCUT2D eigenvalue weighted by Crippen LogP contribution is 2.38. The van der Waals surface area contributed by atoms with Crippen molar-refractivity contribution in [2.45, 2.75) is 19.1 Å². The molecule has 0 aliphatic heterocycles. The number of nitrogens with zero attached hydrogens (tertiary/aromatic N) is 1. The minimum Gasteiger partial charge on any atom is -0.364 e. The summed E-state index contributed by atoms with van der Waals surface area (Å²) in [5, 5.41) is 3.65. The molecule has 1 atom stereocenters. The molecule has 0 saturated carbocycles. The van der Waals surface area contributed by atoms with Crippen LogP contribution < -0.4 is 5.73 Å². The average Bonchev–Trinajstić information content (AvgIpc) is 2.76. The topological polar surface area (TPSA) is 52.0 Å². The van der Waals surface area contributed by atoms with Gasteiger partial charge in [-0.2, -0.15) is 13.2 Å². The molecule has 1 heterocycles. The SMILES string of the molecule is CC(N)c1nocc1-c1ccccc1C(F)(F)F. The molecule has 3 nitrogen and oxygen atoms in total. The van der Waals surface area contributed by atoms with Gasteiger partial charge in [-0.3, -0.25) is 0 Å².